The molecule has 824 valence electrons. The molecule has 0 bridgehead atoms. The smallest absolute Gasteiger partial charge is 0.490 e. The van der Waals surface area contributed by atoms with Crippen LogP contribution in [-0.4, -0.2) is 263 Å². The van der Waals surface area contributed by atoms with E-state index in [2.05, 4.69) is 171 Å². The van der Waals surface area contributed by atoms with Gasteiger partial charge in [0.15, 0.2) is 44.8 Å². The minimum absolute atomic E-state index is 0.0521. The van der Waals surface area contributed by atoms with Gasteiger partial charge in [-0.15, -0.1) is 0 Å². The first kappa shape index (κ1) is 137. The second-order valence-electron chi connectivity index (χ2n) is 49.2. The van der Waals surface area contributed by atoms with Crippen LogP contribution in [0.25, 0.3) is 0 Å². The summed E-state index contributed by atoms with van der Waals surface area (Å²) in [4.78, 5) is 55.3. The number of nitro groups is 1. The van der Waals surface area contributed by atoms with Crippen molar-refractivity contribution in [2.45, 2.75) is 443 Å². The lowest BCUT2D eigenvalue weighted by Gasteiger charge is -2.45. The molecule has 2 rings (SSSR count). The zero-order valence-corrected chi connectivity index (χ0v) is 123. The Morgan fingerprint density at radius 2 is 0.450 bits per heavy atom. The first-order chi connectivity index (χ1) is 61.7. The molecular weight excluding hydrogens is 2240 g/mol. The summed E-state index contributed by atoms with van der Waals surface area (Å²) in [5, 5.41) is 13.3. The predicted octanol–water partition coefficient (Wildman–Crippen LogP) is 25.7. The van der Waals surface area contributed by atoms with Crippen molar-refractivity contribution >= 4 is 245 Å². The summed E-state index contributed by atoms with van der Waals surface area (Å²) in [7, 11) is -71.8. The minimum Gasteiger partial charge on any atom is -0.490 e. The molecule has 0 N–H and O–H groups in total. The van der Waals surface area contributed by atoms with Crippen molar-refractivity contribution in [1.29, 1.82) is 0 Å². The van der Waals surface area contributed by atoms with Crippen LogP contribution in [0, 0.1) is 10.1 Å². The molecule has 140 heavy (non-hydrogen) atoms. The van der Waals surface area contributed by atoms with E-state index < -0.39 is 256 Å². The maximum Gasteiger partial charge on any atom is 0.534 e. The van der Waals surface area contributed by atoms with Gasteiger partial charge in [-0.05, 0) is 390 Å². The van der Waals surface area contributed by atoms with Crippen LogP contribution in [0.3, 0.4) is 0 Å². The number of hydrogen-bond acceptors (Lipinski definition) is 33. The molecule has 61 heteroatoms. The van der Waals surface area contributed by atoms with Gasteiger partial charge in [-0.3, -0.25) is 24.5 Å². The van der Waals surface area contributed by atoms with Crippen molar-refractivity contribution < 1.29 is 137 Å². The lowest BCUT2D eigenvalue weighted by molar-refractivity contribution is -0.386. The fourth-order valence-electron chi connectivity index (χ4n) is 20.0. The molecule has 0 radical (unpaired) electrons. The molecule has 0 aromatic heterocycles. The van der Waals surface area contributed by atoms with E-state index in [0.29, 0.717) is 30.0 Å². The maximum absolute atomic E-state index is 13.1. The van der Waals surface area contributed by atoms with Gasteiger partial charge in [0.2, 0.25) is 0 Å². The van der Waals surface area contributed by atoms with Crippen LogP contribution in [0.4, 0.5) is 10.5 Å². The van der Waals surface area contributed by atoms with E-state index in [9.17, 15) is 24.5 Å². The number of nitro benzene ring substituents is 1. The van der Waals surface area contributed by atoms with Crippen LogP contribution in [0.2, 0.25) is 365 Å². The zero-order chi connectivity index (χ0) is 110. The Labute approximate surface area is 875 Å². The van der Waals surface area contributed by atoms with Gasteiger partial charge >= 0.3 is 194 Å². The first-order valence-electron chi connectivity index (χ1n) is 49.8. The summed E-state index contributed by atoms with van der Waals surface area (Å²) < 4.78 is 185. The van der Waals surface area contributed by atoms with Gasteiger partial charge < -0.3 is 113 Å². The van der Waals surface area contributed by atoms with E-state index in [1.807, 2.05) is 183 Å². The average molecular weight is 2430 g/mol. The number of hydrogen-bond donors (Lipinski definition) is 0. The van der Waals surface area contributed by atoms with E-state index in [4.69, 9.17) is 118 Å². The van der Waals surface area contributed by atoms with Crippen LogP contribution in [0.5, 0.6) is 11.5 Å². The highest BCUT2D eigenvalue weighted by Crippen LogP contribution is 2.43. The summed E-state index contributed by atoms with van der Waals surface area (Å²) in [5.74, 6) is -1.20. The lowest BCUT2D eigenvalue weighted by Crippen LogP contribution is -2.63. The number of unbranched alkanes of at least 4 members (excludes halogenated alkanes) is 2. The summed E-state index contributed by atoms with van der Waals surface area (Å²) in [6, 6.07) is 6.12. The highest BCUT2D eigenvalue weighted by atomic mass is 28.6. The zero-order valence-electron chi connectivity index (χ0n) is 97.5. The molecule has 0 spiro atoms. The predicted molar refractivity (Wildman–Crippen MR) is 620 cm³/mol. The van der Waals surface area contributed by atoms with Crippen molar-refractivity contribution in [2.24, 2.45) is 0 Å². The van der Waals surface area contributed by atoms with E-state index in [-0.39, 0.29) is 43.1 Å². The van der Waals surface area contributed by atoms with E-state index in [1.54, 1.807) is 0 Å². The Bertz CT molecular complexity index is 4150. The number of imide groups is 1. The largest absolute Gasteiger partial charge is 0.534 e. The molecule has 1 aromatic rings. The third kappa shape index (κ3) is 57.0. The topological polar surface area (TPSA) is 356 Å². The van der Waals surface area contributed by atoms with E-state index in [0.717, 1.165) is 37.8 Å². The van der Waals surface area contributed by atoms with Gasteiger partial charge in [0.05, 0.1) is 29.8 Å². The number of benzene rings is 1. The number of rotatable bonds is 68. The Morgan fingerprint density at radius 3 is 0.621 bits per heavy atom. The van der Waals surface area contributed by atoms with Gasteiger partial charge in [-0.2, -0.15) is 0 Å². The highest BCUT2D eigenvalue weighted by molar-refractivity contribution is 6.98. The fraction of sp³-hybridized carbons (Fsp3) is 0.886. The Morgan fingerprint density at radius 1 is 0.286 bits per heavy atom. The number of ether oxygens (including phenoxy) is 3. The van der Waals surface area contributed by atoms with Crippen LogP contribution in [-0.2, 0) is 118 Å². The molecular formula is C79H196N2O33Si26. The summed E-state index contributed by atoms with van der Waals surface area (Å²) in [6.07, 6.45) is 2.56. The van der Waals surface area contributed by atoms with Crippen LogP contribution in [0.1, 0.15) is 83.8 Å². The van der Waals surface area contributed by atoms with E-state index >= 15 is 0 Å². The first-order valence-corrected chi connectivity index (χ1v) is 124. The molecule has 2 amide bonds. The monoisotopic (exact) mass is 2430 g/mol. The molecule has 1 heterocycles. The molecule has 0 saturated carbocycles. The SMILES string of the molecule is CCCC[Si](C)(C)O[Si](C)(C)O[Si](C)(C)O[Si](C)(C)O[Si](C)(C)O[Si](C)(C)O[Si](C)(C)O[Si](C)(C)O[Si](C)(C)O[Si](C)(C)O[Si](C)(C)O[Si](C)(C)O[Si](C)(C)CCCOc1cc(C(C)OC(=O)ON2C(=O)CCC2=O)c([N+](=O)[O-])cc1OCCC[Si](C)(C)O[Si](C)(C)O[Si](C)(C)O[Si](C)(C)O[Si](C)(C)O[Si](C)(C)O[Si](C)(C)O[Si](C)(C)O[Si](C)(C)O[Si](C)(C)O[Si](C)(C)O[Si](C)(C)O[Si](C)(C)CCCC. The molecule has 1 saturated heterocycles. The number of carbonyl (C=O) groups is 3. The summed E-state index contributed by atoms with van der Waals surface area (Å²) >= 11 is 0. The highest BCUT2D eigenvalue weighted by Gasteiger charge is 2.57. The fourth-order valence-corrected chi connectivity index (χ4v) is 154. The molecule has 1 atom stereocenters. The standard InChI is InChI=1S/C79H196N2O33Si26/c1-56-58-66-115(4,5)91-119(12,13)95-123(20,21)99-127(28,29)103-131(36,37)107-135(44,45)111-139(52,53)113-137(48,49)109-133(40,41)105-129(32,33)101-125(24,25)97-121(16,17)93-117(8,9)68-60-64-87-75-70-73(72(3)89-79(84)90-80-77(82)62-63-78(80)83)74(81(85)86)71-76(75)88-65-61-69-118(10,11)94-122(18,19)98-126(26,27)102-130(34,35)106-134(42,43)110-138(50,51)114-140(54,55)112-136(46,47)108-132(38,39)104-128(30,31)100-124(22,23)96-120(14,15)92-116(6,7)67-59-57-2/h70-72H,56-69H2,1-55H3. The molecule has 1 aliphatic rings. The number of hydroxylamine groups is 2. The van der Waals surface area contributed by atoms with Gasteiger partial charge in [0.1, 0.15) is 6.10 Å². The molecule has 1 aliphatic heterocycles. The minimum atomic E-state index is -2.98. The molecule has 1 fully saturated rings. The second-order valence-corrected chi connectivity index (χ2v) is 146. The Kier molecular flexibility index (Phi) is 49.9. The molecule has 0 aliphatic carbocycles. The van der Waals surface area contributed by atoms with Crippen LogP contribution < -0.4 is 9.47 Å². The number of carbonyl (C=O) groups excluding carboxylic acids is 3. The quantitative estimate of drug-likeness (QED) is 0.0146. The third-order valence-electron chi connectivity index (χ3n) is 19.7. The average Bonchev–Trinajstić information content (AvgIpc) is 0.980. The maximum atomic E-state index is 13.1. The van der Waals surface area contributed by atoms with Crippen molar-refractivity contribution in [2.75, 3.05) is 13.2 Å². The number of nitrogens with zero attached hydrogens (tertiary/aromatic N) is 2. The molecule has 35 nitrogen and oxygen atoms in total. The van der Waals surface area contributed by atoms with Crippen molar-refractivity contribution in [3.63, 3.8) is 0 Å². The van der Waals surface area contributed by atoms with Crippen LogP contribution >= 0.6 is 0 Å². The van der Waals surface area contributed by atoms with Gasteiger partial charge in [0, 0.05) is 12.8 Å². The molecule has 1 unspecified atom stereocenters. The summed E-state index contributed by atoms with van der Waals surface area (Å²) in [6.45, 7) is 114. The normalized spacial score (nSPS) is 15.9. The van der Waals surface area contributed by atoms with Crippen molar-refractivity contribution in [3.8, 4) is 11.5 Å². The third-order valence-corrected chi connectivity index (χ3v) is 121. The number of amides is 2. The Balaban J connectivity index is 2.25. The van der Waals surface area contributed by atoms with Crippen LogP contribution in [0.15, 0.2) is 12.1 Å². The van der Waals surface area contributed by atoms with Crippen molar-refractivity contribution in [1.82, 2.24) is 5.06 Å². The molecule has 1 aromatic carbocycles. The van der Waals surface area contributed by atoms with Gasteiger partial charge in [-0.25, -0.2) is 4.79 Å². The van der Waals surface area contributed by atoms with Gasteiger partial charge in [-0.1, -0.05) is 44.6 Å². The Hall–Kier alpha value is 1.31. The van der Waals surface area contributed by atoms with Crippen molar-refractivity contribution in [3.05, 3.63) is 27.8 Å². The lowest BCUT2D eigenvalue weighted by atomic mass is 10.1. The van der Waals surface area contributed by atoms with Gasteiger partial charge in [0.25, 0.3) is 17.5 Å². The summed E-state index contributed by atoms with van der Waals surface area (Å²) in [5.41, 5.74) is -0.486. The van der Waals surface area contributed by atoms with E-state index in [1.165, 1.54) is 19.1 Å². The second kappa shape index (κ2) is 50.9.